The van der Waals surface area contributed by atoms with E-state index < -0.39 is 0 Å². The topological polar surface area (TPSA) is 41.0 Å². The molecule has 0 aliphatic carbocycles. The molecule has 0 saturated carbocycles. The van der Waals surface area contributed by atoms with Gasteiger partial charge in [0.1, 0.15) is 0 Å². The summed E-state index contributed by atoms with van der Waals surface area (Å²) in [5.74, 6) is 0. The van der Waals surface area contributed by atoms with E-state index in [1.807, 2.05) is 37.2 Å². The number of benzene rings is 1. The summed E-state index contributed by atoms with van der Waals surface area (Å²) in [7, 11) is 3.81. The summed E-state index contributed by atoms with van der Waals surface area (Å²) in [5, 5.41) is 6.04. The van der Waals surface area contributed by atoms with Crippen molar-refractivity contribution in [2.24, 2.45) is 0 Å². The van der Waals surface area contributed by atoms with E-state index in [2.05, 4.69) is 27.4 Å². The van der Waals surface area contributed by atoms with Gasteiger partial charge in [0, 0.05) is 37.3 Å². The zero-order chi connectivity index (χ0) is 14.1. The van der Waals surface area contributed by atoms with E-state index in [-0.39, 0.29) is 0 Å². The maximum atomic E-state index is 5.31. The Morgan fingerprint density at radius 1 is 1.10 bits per heavy atom. The molecule has 1 N–H and O–H groups in total. The summed E-state index contributed by atoms with van der Waals surface area (Å²) in [6.45, 7) is 0. The van der Waals surface area contributed by atoms with Crippen molar-refractivity contribution in [2.45, 2.75) is 0 Å². The standard InChI is InChI=1S/C15H14N4S/c1-19(2)15(20)18-13-9-12-10(5-3-7-16-12)11-6-4-8-17-14(11)13/h3-9H,1-2H3,(H,18,20). The highest BCUT2D eigenvalue weighted by Crippen LogP contribution is 2.29. The first-order valence-electron chi connectivity index (χ1n) is 6.27. The van der Waals surface area contributed by atoms with Gasteiger partial charge < -0.3 is 10.2 Å². The third kappa shape index (κ3) is 2.16. The van der Waals surface area contributed by atoms with Crippen LogP contribution < -0.4 is 5.32 Å². The highest BCUT2D eigenvalue weighted by atomic mass is 32.1. The monoisotopic (exact) mass is 282 g/mol. The van der Waals surface area contributed by atoms with Crippen LogP contribution in [0.3, 0.4) is 0 Å². The van der Waals surface area contributed by atoms with Gasteiger partial charge in [0.2, 0.25) is 0 Å². The van der Waals surface area contributed by atoms with E-state index in [9.17, 15) is 0 Å². The predicted molar refractivity (Wildman–Crippen MR) is 87.0 cm³/mol. The van der Waals surface area contributed by atoms with Crippen molar-refractivity contribution in [1.29, 1.82) is 0 Å². The molecule has 100 valence electrons. The first kappa shape index (κ1) is 12.7. The molecule has 4 nitrogen and oxygen atoms in total. The number of pyridine rings is 2. The van der Waals surface area contributed by atoms with Crippen LogP contribution in [-0.4, -0.2) is 34.1 Å². The average molecular weight is 282 g/mol. The molecule has 20 heavy (non-hydrogen) atoms. The predicted octanol–water partition coefficient (Wildman–Crippen LogP) is 3.04. The van der Waals surface area contributed by atoms with Gasteiger partial charge in [0.15, 0.2) is 5.11 Å². The lowest BCUT2D eigenvalue weighted by molar-refractivity contribution is 0.634. The van der Waals surface area contributed by atoms with Crippen molar-refractivity contribution in [2.75, 3.05) is 19.4 Å². The van der Waals surface area contributed by atoms with Crippen LogP contribution in [0.4, 0.5) is 5.69 Å². The van der Waals surface area contributed by atoms with Gasteiger partial charge in [-0.15, -0.1) is 0 Å². The van der Waals surface area contributed by atoms with E-state index in [0.717, 1.165) is 27.5 Å². The minimum atomic E-state index is 0.646. The maximum absolute atomic E-state index is 5.31. The fraction of sp³-hybridized carbons (Fsp3) is 0.133. The van der Waals surface area contributed by atoms with Crippen LogP contribution in [0, 0.1) is 0 Å². The van der Waals surface area contributed by atoms with Crippen LogP contribution in [0.15, 0.2) is 42.7 Å². The van der Waals surface area contributed by atoms with Crippen molar-refractivity contribution >= 4 is 44.8 Å². The number of nitrogens with zero attached hydrogens (tertiary/aromatic N) is 3. The van der Waals surface area contributed by atoms with Gasteiger partial charge in [-0.3, -0.25) is 9.97 Å². The number of thiocarbonyl (C=S) groups is 1. The Hall–Kier alpha value is -2.27. The quantitative estimate of drug-likeness (QED) is 0.549. The summed E-state index contributed by atoms with van der Waals surface area (Å²) < 4.78 is 0. The summed E-state index contributed by atoms with van der Waals surface area (Å²) in [5.41, 5.74) is 2.71. The van der Waals surface area contributed by atoms with Crippen molar-refractivity contribution in [3.8, 4) is 0 Å². The van der Waals surface area contributed by atoms with Gasteiger partial charge in [0.25, 0.3) is 0 Å². The van der Waals surface area contributed by atoms with Crippen LogP contribution in [-0.2, 0) is 0 Å². The van der Waals surface area contributed by atoms with E-state index in [1.165, 1.54) is 0 Å². The second-order valence-corrected chi connectivity index (χ2v) is 5.11. The Kier molecular flexibility index (Phi) is 3.20. The van der Waals surface area contributed by atoms with E-state index >= 15 is 0 Å². The van der Waals surface area contributed by atoms with Gasteiger partial charge in [-0.05, 0) is 30.4 Å². The van der Waals surface area contributed by atoms with Crippen molar-refractivity contribution in [3.05, 3.63) is 42.7 Å². The van der Waals surface area contributed by atoms with Crippen LogP contribution in [0.25, 0.3) is 21.8 Å². The van der Waals surface area contributed by atoms with E-state index in [1.54, 1.807) is 12.4 Å². The molecule has 0 fully saturated rings. The number of nitrogens with one attached hydrogen (secondary N) is 1. The van der Waals surface area contributed by atoms with Gasteiger partial charge in [-0.25, -0.2) is 0 Å². The smallest absolute Gasteiger partial charge is 0.172 e. The number of fused-ring (bicyclic) bond motifs is 3. The molecule has 0 amide bonds. The number of rotatable bonds is 1. The van der Waals surface area contributed by atoms with Gasteiger partial charge >= 0.3 is 0 Å². The molecule has 0 bridgehead atoms. The third-order valence-electron chi connectivity index (χ3n) is 3.12. The van der Waals surface area contributed by atoms with E-state index in [0.29, 0.717) is 5.11 Å². The maximum Gasteiger partial charge on any atom is 0.172 e. The number of aromatic nitrogens is 2. The molecule has 5 heteroatoms. The molecule has 0 spiro atoms. The number of anilines is 1. The normalized spacial score (nSPS) is 10.7. The molecule has 1 aromatic carbocycles. The lowest BCUT2D eigenvalue weighted by Gasteiger charge is -2.17. The van der Waals surface area contributed by atoms with Crippen molar-refractivity contribution in [3.63, 3.8) is 0 Å². The molecular weight excluding hydrogens is 268 g/mol. The highest BCUT2D eigenvalue weighted by molar-refractivity contribution is 7.80. The molecule has 0 aliphatic rings. The lowest BCUT2D eigenvalue weighted by Crippen LogP contribution is -2.27. The molecule has 0 atom stereocenters. The molecule has 2 heterocycles. The molecule has 3 aromatic rings. The first-order valence-corrected chi connectivity index (χ1v) is 6.68. The highest BCUT2D eigenvalue weighted by Gasteiger charge is 2.09. The Morgan fingerprint density at radius 2 is 1.80 bits per heavy atom. The summed E-state index contributed by atoms with van der Waals surface area (Å²) in [6.07, 6.45) is 3.58. The Morgan fingerprint density at radius 3 is 2.55 bits per heavy atom. The zero-order valence-electron chi connectivity index (χ0n) is 11.3. The summed E-state index contributed by atoms with van der Waals surface area (Å²) in [6, 6.07) is 9.96. The second kappa shape index (κ2) is 5.02. The largest absolute Gasteiger partial charge is 0.355 e. The van der Waals surface area contributed by atoms with Gasteiger partial charge in [-0.2, -0.15) is 0 Å². The Bertz CT molecular complexity index is 798. The minimum absolute atomic E-state index is 0.646. The fourth-order valence-corrected chi connectivity index (χ4v) is 2.23. The Labute approximate surface area is 122 Å². The third-order valence-corrected chi connectivity index (χ3v) is 3.59. The first-order chi connectivity index (χ1) is 9.66. The average Bonchev–Trinajstić information content (AvgIpc) is 2.47. The van der Waals surface area contributed by atoms with E-state index in [4.69, 9.17) is 12.2 Å². The van der Waals surface area contributed by atoms with Crippen LogP contribution >= 0.6 is 12.2 Å². The molecule has 0 unspecified atom stereocenters. The fourth-order valence-electron chi connectivity index (χ4n) is 2.12. The van der Waals surface area contributed by atoms with Crippen LogP contribution in [0.5, 0.6) is 0 Å². The van der Waals surface area contributed by atoms with Gasteiger partial charge in [0.05, 0.1) is 16.7 Å². The zero-order valence-corrected chi connectivity index (χ0v) is 12.1. The molecule has 0 radical (unpaired) electrons. The molecule has 0 saturated heterocycles. The van der Waals surface area contributed by atoms with Crippen LogP contribution in [0.1, 0.15) is 0 Å². The molecule has 0 aliphatic heterocycles. The summed E-state index contributed by atoms with van der Waals surface area (Å²) >= 11 is 5.31. The number of hydrogen-bond donors (Lipinski definition) is 1. The minimum Gasteiger partial charge on any atom is -0.355 e. The van der Waals surface area contributed by atoms with Crippen LogP contribution in [0.2, 0.25) is 0 Å². The molecule has 2 aromatic heterocycles. The summed E-state index contributed by atoms with van der Waals surface area (Å²) in [4.78, 5) is 10.7. The SMILES string of the molecule is CN(C)C(=S)Nc1cc2ncccc2c2cccnc12. The number of hydrogen-bond acceptors (Lipinski definition) is 3. The molecule has 3 rings (SSSR count). The Balaban J connectivity index is 2.26. The molecular formula is C15H14N4S. The van der Waals surface area contributed by atoms with Gasteiger partial charge in [-0.1, -0.05) is 12.1 Å². The van der Waals surface area contributed by atoms with Crippen molar-refractivity contribution in [1.82, 2.24) is 14.9 Å². The van der Waals surface area contributed by atoms with Crippen molar-refractivity contribution < 1.29 is 0 Å². The lowest BCUT2D eigenvalue weighted by atomic mass is 10.1. The second-order valence-electron chi connectivity index (χ2n) is 4.72.